The van der Waals surface area contributed by atoms with Gasteiger partial charge in [0.25, 0.3) is 0 Å². The molecular formula is C17H26O4. The summed E-state index contributed by atoms with van der Waals surface area (Å²) in [5.41, 5.74) is 2.18. The van der Waals surface area contributed by atoms with E-state index in [9.17, 15) is 10.2 Å². The van der Waals surface area contributed by atoms with Crippen LogP contribution in [-0.4, -0.2) is 34.0 Å². The molecule has 2 unspecified atom stereocenters. The summed E-state index contributed by atoms with van der Waals surface area (Å²) in [6.07, 6.45) is 1.87. The molecule has 0 aromatic heterocycles. The maximum Gasteiger partial charge on any atom is 0.164 e. The Hall–Kier alpha value is -0.940. The second-order valence-corrected chi connectivity index (χ2v) is 6.12. The molecule has 2 rings (SSSR count). The summed E-state index contributed by atoms with van der Waals surface area (Å²) >= 11 is 0. The number of hydrogen-bond donors (Lipinski definition) is 3. The quantitative estimate of drug-likeness (QED) is 0.703. The van der Waals surface area contributed by atoms with Crippen molar-refractivity contribution in [2.75, 3.05) is 0 Å². The first-order valence-electron chi connectivity index (χ1n) is 7.76. The molecule has 1 aliphatic carbocycles. The Bertz CT molecular complexity index is 429. The van der Waals surface area contributed by atoms with Crippen LogP contribution in [0.5, 0.6) is 0 Å². The van der Waals surface area contributed by atoms with E-state index in [1.807, 2.05) is 31.2 Å². The Morgan fingerprint density at radius 2 is 1.81 bits per heavy atom. The monoisotopic (exact) mass is 294 g/mol. The molecule has 5 atom stereocenters. The fraction of sp³-hybridized carbons (Fsp3) is 0.647. The van der Waals surface area contributed by atoms with Gasteiger partial charge in [-0.05, 0) is 43.2 Å². The maximum atomic E-state index is 9.88. The minimum absolute atomic E-state index is 0.162. The van der Waals surface area contributed by atoms with Gasteiger partial charge in [0.15, 0.2) is 12.6 Å². The zero-order chi connectivity index (χ0) is 15.4. The van der Waals surface area contributed by atoms with E-state index in [2.05, 4.69) is 0 Å². The van der Waals surface area contributed by atoms with Gasteiger partial charge in [-0.3, -0.25) is 0 Å². The number of rotatable bonds is 6. The first-order chi connectivity index (χ1) is 9.97. The smallest absolute Gasteiger partial charge is 0.164 e. The van der Waals surface area contributed by atoms with Crippen molar-refractivity contribution in [2.24, 2.45) is 5.92 Å². The molecule has 0 spiro atoms. The van der Waals surface area contributed by atoms with Gasteiger partial charge >= 0.3 is 0 Å². The van der Waals surface area contributed by atoms with Crippen LogP contribution in [0.25, 0.3) is 0 Å². The lowest BCUT2D eigenvalue weighted by Gasteiger charge is -2.21. The molecule has 1 aromatic carbocycles. The molecule has 4 heteroatoms. The molecule has 118 valence electrons. The van der Waals surface area contributed by atoms with Crippen LogP contribution in [0.15, 0.2) is 24.3 Å². The second kappa shape index (κ2) is 7.36. The highest BCUT2D eigenvalue weighted by Crippen LogP contribution is 2.29. The van der Waals surface area contributed by atoms with Gasteiger partial charge in [0.1, 0.15) is 0 Å². The zero-order valence-corrected chi connectivity index (χ0v) is 12.8. The molecule has 0 amide bonds. The van der Waals surface area contributed by atoms with Crippen LogP contribution in [0.4, 0.5) is 0 Å². The molecule has 0 radical (unpaired) electrons. The van der Waals surface area contributed by atoms with Gasteiger partial charge in [-0.2, -0.15) is 0 Å². The normalized spacial score (nSPS) is 26.5. The fourth-order valence-corrected chi connectivity index (χ4v) is 3.00. The number of benzene rings is 1. The van der Waals surface area contributed by atoms with Crippen LogP contribution in [0.3, 0.4) is 0 Å². The predicted octanol–water partition coefficient (Wildman–Crippen LogP) is 2.17. The minimum atomic E-state index is -1.02. The highest BCUT2D eigenvalue weighted by molar-refractivity contribution is 5.26. The standard InChI is InChI=1S/C17H26O4/c1-11(17(20)21-12(2)18)14-8-6-13(7-9-14)10-15-4-3-5-16(15)19/h6-9,11-12,15-20H,3-5,10H2,1-2H3/t11-,12?,15+,16-,17?/m0/s1. The predicted molar refractivity (Wildman–Crippen MR) is 80.7 cm³/mol. The summed E-state index contributed by atoms with van der Waals surface area (Å²) in [6, 6.07) is 8.06. The Labute approximate surface area is 126 Å². The van der Waals surface area contributed by atoms with Gasteiger partial charge in [-0.25, -0.2) is 0 Å². The van der Waals surface area contributed by atoms with E-state index < -0.39 is 12.6 Å². The van der Waals surface area contributed by atoms with E-state index in [4.69, 9.17) is 9.84 Å². The van der Waals surface area contributed by atoms with E-state index in [0.29, 0.717) is 5.92 Å². The Kier molecular flexibility index (Phi) is 5.76. The molecule has 0 saturated heterocycles. The molecule has 1 saturated carbocycles. The van der Waals surface area contributed by atoms with E-state index in [1.165, 1.54) is 12.5 Å². The summed E-state index contributed by atoms with van der Waals surface area (Å²) < 4.78 is 5.00. The molecule has 1 fully saturated rings. The molecule has 0 heterocycles. The summed E-state index contributed by atoms with van der Waals surface area (Å²) in [5.74, 6) is 0.170. The van der Waals surface area contributed by atoms with Crippen molar-refractivity contribution in [1.82, 2.24) is 0 Å². The Morgan fingerprint density at radius 3 is 2.33 bits per heavy atom. The lowest BCUT2D eigenvalue weighted by atomic mass is 9.93. The highest BCUT2D eigenvalue weighted by atomic mass is 16.7. The highest BCUT2D eigenvalue weighted by Gasteiger charge is 2.25. The number of aliphatic hydroxyl groups excluding tert-OH is 3. The largest absolute Gasteiger partial charge is 0.393 e. The van der Waals surface area contributed by atoms with Crippen molar-refractivity contribution in [3.63, 3.8) is 0 Å². The van der Waals surface area contributed by atoms with Crippen molar-refractivity contribution in [2.45, 2.75) is 64.1 Å². The van der Waals surface area contributed by atoms with Gasteiger partial charge in [0.2, 0.25) is 0 Å². The Morgan fingerprint density at radius 1 is 1.14 bits per heavy atom. The number of aliphatic hydroxyl groups is 3. The summed E-state index contributed by atoms with van der Waals surface area (Å²) in [5, 5.41) is 28.9. The van der Waals surface area contributed by atoms with Crippen molar-refractivity contribution in [1.29, 1.82) is 0 Å². The van der Waals surface area contributed by atoms with Gasteiger partial charge in [-0.1, -0.05) is 37.6 Å². The maximum absolute atomic E-state index is 9.88. The lowest BCUT2D eigenvalue weighted by molar-refractivity contribution is -0.206. The molecule has 21 heavy (non-hydrogen) atoms. The van der Waals surface area contributed by atoms with Crippen LogP contribution in [0, 0.1) is 5.92 Å². The summed E-state index contributed by atoms with van der Waals surface area (Å²) in [4.78, 5) is 0. The summed E-state index contributed by atoms with van der Waals surface area (Å²) in [7, 11) is 0. The SMILES string of the molecule is CC(O)OC(O)[C@@H](C)c1ccc(C[C@H]2CCC[C@@H]2O)cc1. The first-order valence-corrected chi connectivity index (χ1v) is 7.76. The average Bonchev–Trinajstić information content (AvgIpc) is 2.83. The van der Waals surface area contributed by atoms with Gasteiger partial charge in [-0.15, -0.1) is 0 Å². The van der Waals surface area contributed by atoms with E-state index in [1.54, 1.807) is 0 Å². The van der Waals surface area contributed by atoms with E-state index >= 15 is 0 Å². The second-order valence-electron chi connectivity index (χ2n) is 6.12. The van der Waals surface area contributed by atoms with Crippen molar-refractivity contribution < 1.29 is 20.1 Å². The minimum Gasteiger partial charge on any atom is -0.393 e. The fourth-order valence-electron chi connectivity index (χ4n) is 3.00. The van der Waals surface area contributed by atoms with E-state index in [0.717, 1.165) is 31.2 Å². The molecular weight excluding hydrogens is 268 g/mol. The van der Waals surface area contributed by atoms with Crippen LogP contribution >= 0.6 is 0 Å². The van der Waals surface area contributed by atoms with Crippen LogP contribution < -0.4 is 0 Å². The third kappa shape index (κ3) is 4.51. The van der Waals surface area contributed by atoms with Gasteiger partial charge < -0.3 is 20.1 Å². The molecule has 1 aromatic rings. The van der Waals surface area contributed by atoms with Crippen molar-refractivity contribution in [3.05, 3.63) is 35.4 Å². The molecule has 4 nitrogen and oxygen atoms in total. The number of hydrogen-bond acceptors (Lipinski definition) is 4. The Balaban J connectivity index is 1.94. The van der Waals surface area contributed by atoms with Crippen LogP contribution in [0.1, 0.15) is 50.2 Å². The third-order valence-electron chi connectivity index (χ3n) is 4.39. The average molecular weight is 294 g/mol. The molecule has 0 aliphatic heterocycles. The van der Waals surface area contributed by atoms with Crippen LogP contribution in [-0.2, 0) is 11.2 Å². The van der Waals surface area contributed by atoms with Crippen LogP contribution in [0.2, 0.25) is 0 Å². The van der Waals surface area contributed by atoms with E-state index in [-0.39, 0.29) is 12.0 Å². The first kappa shape index (κ1) is 16.4. The van der Waals surface area contributed by atoms with Crippen molar-refractivity contribution in [3.8, 4) is 0 Å². The molecule has 1 aliphatic rings. The summed E-state index contributed by atoms with van der Waals surface area (Å²) in [6.45, 7) is 3.34. The van der Waals surface area contributed by atoms with Gasteiger partial charge in [0.05, 0.1) is 6.10 Å². The molecule has 3 N–H and O–H groups in total. The third-order valence-corrected chi connectivity index (χ3v) is 4.39. The number of ether oxygens (including phenoxy) is 1. The van der Waals surface area contributed by atoms with Crippen molar-refractivity contribution >= 4 is 0 Å². The van der Waals surface area contributed by atoms with Gasteiger partial charge in [0, 0.05) is 5.92 Å². The molecule has 0 bridgehead atoms. The topological polar surface area (TPSA) is 69.9 Å². The zero-order valence-electron chi connectivity index (χ0n) is 12.8. The lowest BCUT2D eigenvalue weighted by Crippen LogP contribution is -2.24.